The summed E-state index contributed by atoms with van der Waals surface area (Å²) in [5.41, 5.74) is -1.15. The second kappa shape index (κ2) is 9.64. The molecule has 0 unspecified atom stereocenters. The van der Waals surface area contributed by atoms with Gasteiger partial charge in [0.2, 0.25) is 11.8 Å². The van der Waals surface area contributed by atoms with Crippen molar-refractivity contribution < 1.29 is 19.5 Å². The van der Waals surface area contributed by atoms with E-state index in [1.54, 1.807) is 4.90 Å². The second-order valence-electron chi connectivity index (χ2n) is 7.00. The van der Waals surface area contributed by atoms with Gasteiger partial charge in [0.15, 0.2) is 0 Å². The molecular weight excluding hydrogens is 308 g/mol. The minimum atomic E-state index is -1.15. The molecule has 0 aromatic carbocycles. The molecule has 1 rings (SSSR count). The van der Waals surface area contributed by atoms with E-state index < -0.39 is 11.5 Å². The molecule has 0 aromatic rings. The minimum absolute atomic E-state index is 0.0320. The molecule has 2 amide bonds. The van der Waals surface area contributed by atoms with Gasteiger partial charge < -0.3 is 15.3 Å². The van der Waals surface area contributed by atoms with Crippen molar-refractivity contribution in [1.29, 1.82) is 0 Å². The lowest BCUT2D eigenvalue weighted by molar-refractivity contribution is -0.149. The largest absolute Gasteiger partial charge is 0.480 e. The maximum atomic E-state index is 12.2. The molecule has 0 aromatic heterocycles. The zero-order chi connectivity index (χ0) is 18.2. The van der Waals surface area contributed by atoms with Crippen molar-refractivity contribution >= 4 is 17.8 Å². The second-order valence-corrected chi connectivity index (χ2v) is 7.00. The summed E-state index contributed by atoms with van der Waals surface area (Å²) in [4.78, 5) is 37.8. The fraction of sp³-hybridized carbons (Fsp3) is 0.833. The Balaban J connectivity index is 2.54. The molecule has 0 atom stereocenters. The molecule has 1 aliphatic carbocycles. The number of carbonyl (C=O) groups is 3. The maximum Gasteiger partial charge on any atom is 0.329 e. The van der Waals surface area contributed by atoms with Crippen molar-refractivity contribution in [2.24, 2.45) is 5.92 Å². The monoisotopic (exact) mass is 340 g/mol. The SMILES string of the molecule is CCCN(CCC)C(=O)CCC(=O)NC1(C(=O)O)CCC(C)CC1. The van der Waals surface area contributed by atoms with Crippen molar-refractivity contribution in [3.63, 3.8) is 0 Å². The van der Waals surface area contributed by atoms with E-state index >= 15 is 0 Å². The summed E-state index contributed by atoms with van der Waals surface area (Å²) in [7, 11) is 0. The summed E-state index contributed by atoms with van der Waals surface area (Å²) < 4.78 is 0. The van der Waals surface area contributed by atoms with Crippen LogP contribution >= 0.6 is 0 Å². The summed E-state index contributed by atoms with van der Waals surface area (Å²) in [5, 5.41) is 12.2. The summed E-state index contributed by atoms with van der Waals surface area (Å²) in [6.45, 7) is 7.53. The van der Waals surface area contributed by atoms with Crippen LogP contribution in [0.3, 0.4) is 0 Å². The van der Waals surface area contributed by atoms with Crippen molar-refractivity contribution in [2.75, 3.05) is 13.1 Å². The smallest absolute Gasteiger partial charge is 0.329 e. The van der Waals surface area contributed by atoms with E-state index in [4.69, 9.17) is 0 Å². The molecule has 0 saturated heterocycles. The summed E-state index contributed by atoms with van der Waals surface area (Å²) in [5.74, 6) is -0.844. The molecule has 6 heteroatoms. The normalized spacial score (nSPS) is 23.5. The average Bonchev–Trinajstić information content (AvgIpc) is 2.54. The van der Waals surface area contributed by atoms with Crippen LogP contribution in [-0.4, -0.2) is 46.4 Å². The number of hydrogen-bond donors (Lipinski definition) is 2. The minimum Gasteiger partial charge on any atom is -0.480 e. The highest BCUT2D eigenvalue weighted by Gasteiger charge is 2.42. The molecule has 2 N–H and O–H groups in total. The Labute approximate surface area is 145 Å². The Morgan fingerprint density at radius 1 is 1.08 bits per heavy atom. The van der Waals surface area contributed by atoms with Crippen LogP contribution in [0.1, 0.15) is 72.1 Å². The van der Waals surface area contributed by atoms with Crippen LogP contribution in [0.4, 0.5) is 0 Å². The van der Waals surface area contributed by atoms with Crippen LogP contribution in [0.2, 0.25) is 0 Å². The lowest BCUT2D eigenvalue weighted by atomic mass is 9.77. The third-order valence-corrected chi connectivity index (χ3v) is 4.82. The molecule has 1 aliphatic rings. The van der Waals surface area contributed by atoms with E-state index in [9.17, 15) is 19.5 Å². The standard InChI is InChI=1S/C18H32N2O4/c1-4-12-20(13-5-2)16(22)7-6-15(21)19-18(17(23)24)10-8-14(3)9-11-18/h14H,4-13H2,1-3H3,(H,19,21)(H,23,24). The molecule has 0 heterocycles. The number of nitrogens with zero attached hydrogens (tertiary/aromatic N) is 1. The van der Waals surface area contributed by atoms with E-state index in [1.165, 1.54) is 0 Å². The molecule has 6 nitrogen and oxygen atoms in total. The highest BCUT2D eigenvalue weighted by atomic mass is 16.4. The predicted octanol–water partition coefficient (Wildman–Crippen LogP) is 2.56. The average molecular weight is 340 g/mol. The molecule has 0 bridgehead atoms. The molecule has 1 fully saturated rings. The van der Waals surface area contributed by atoms with E-state index in [1.807, 2.05) is 13.8 Å². The molecule has 1 saturated carbocycles. The van der Waals surface area contributed by atoms with Crippen molar-refractivity contribution in [3.05, 3.63) is 0 Å². The molecule has 138 valence electrons. The Hall–Kier alpha value is -1.59. The number of hydrogen-bond acceptors (Lipinski definition) is 3. The maximum absolute atomic E-state index is 12.2. The van der Waals surface area contributed by atoms with Gasteiger partial charge in [-0.3, -0.25) is 9.59 Å². The summed E-state index contributed by atoms with van der Waals surface area (Å²) in [6, 6.07) is 0. The number of carboxylic acid groups (broad SMARTS) is 1. The molecule has 0 spiro atoms. The highest BCUT2D eigenvalue weighted by Crippen LogP contribution is 2.32. The topological polar surface area (TPSA) is 86.7 Å². The number of rotatable bonds is 9. The van der Waals surface area contributed by atoms with Gasteiger partial charge in [-0.05, 0) is 44.4 Å². The lowest BCUT2D eigenvalue weighted by Gasteiger charge is -2.36. The van der Waals surface area contributed by atoms with Crippen LogP contribution in [0.25, 0.3) is 0 Å². The van der Waals surface area contributed by atoms with E-state index in [0.29, 0.717) is 31.8 Å². The zero-order valence-corrected chi connectivity index (χ0v) is 15.3. The number of carboxylic acids is 1. The fourth-order valence-electron chi connectivity index (χ4n) is 3.26. The number of aliphatic carboxylic acids is 1. The van der Waals surface area contributed by atoms with Gasteiger partial charge >= 0.3 is 5.97 Å². The summed E-state index contributed by atoms with van der Waals surface area (Å²) >= 11 is 0. The Morgan fingerprint density at radius 3 is 2.08 bits per heavy atom. The van der Waals surface area contributed by atoms with Gasteiger partial charge in [0.25, 0.3) is 0 Å². The third kappa shape index (κ3) is 5.80. The first-order chi connectivity index (χ1) is 11.3. The first-order valence-corrected chi connectivity index (χ1v) is 9.16. The summed E-state index contributed by atoms with van der Waals surface area (Å²) in [6.07, 6.45) is 4.47. The predicted molar refractivity (Wildman–Crippen MR) is 92.5 cm³/mol. The van der Waals surface area contributed by atoms with Gasteiger partial charge in [0.1, 0.15) is 5.54 Å². The van der Waals surface area contributed by atoms with Gasteiger partial charge in [-0.25, -0.2) is 4.79 Å². The van der Waals surface area contributed by atoms with E-state index in [-0.39, 0.29) is 24.7 Å². The van der Waals surface area contributed by atoms with Crippen LogP contribution in [0, 0.1) is 5.92 Å². The lowest BCUT2D eigenvalue weighted by Crippen LogP contribution is -2.56. The van der Waals surface area contributed by atoms with E-state index in [2.05, 4.69) is 12.2 Å². The van der Waals surface area contributed by atoms with Crippen molar-refractivity contribution in [2.45, 2.75) is 77.7 Å². The Bertz CT molecular complexity index is 436. The molecular formula is C18H32N2O4. The quantitative estimate of drug-likeness (QED) is 0.675. The number of carbonyl (C=O) groups excluding carboxylic acids is 2. The Kier molecular flexibility index (Phi) is 8.22. The highest BCUT2D eigenvalue weighted by molar-refractivity contribution is 5.89. The zero-order valence-electron chi connectivity index (χ0n) is 15.3. The fourth-order valence-corrected chi connectivity index (χ4v) is 3.26. The van der Waals surface area contributed by atoms with Crippen molar-refractivity contribution in [1.82, 2.24) is 10.2 Å². The third-order valence-electron chi connectivity index (χ3n) is 4.82. The Morgan fingerprint density at radius 2 is 1.62 bits per heavy atom. The molecule has 0 aliphatic heterocycles. The molecule has 24 heavy (non-hydrogen) atoms. The van der Waals surface area contributed by atoms with Crippen molar-refractivity contribution in [3.8, 4) is 0 Å². The number of nitrogens with one attached hydrogen (secondary N) is 1. The van der Waals surface area contributed by atoms with Gasteiger partial charge in [-0.2, -0.15) is 0 Å². The first kappa shape index (κ1) is 20.5. The van der Waals surface area contributed by atoms with Crippen LogP contribution in [0.15, 0.2) is 0 Å². The van der Waals surface area contributed by atoms with Gasteiger partial charge in [-0.15, -0.1) is 0 Å². The van der Waals surface area contributed by atoms with Gasteiger partial charge in [-0.1, -0.05) is 20.8 Å². The number of amides is 2. The first-order valence-electron chi connectivity index (χ1n) is 9.16. The van der Waals surface area contributed by atoms with Gasteiger partial charge in [0, 0.05) is 25.9 Å². The van der Waals surface area contributed by atoms with Crippen LogP contribution < -0.4 is 5.32 Å². The van der Waals surface area contributed by atoms with Gasteiger partial charge in [0.05, 0.1) is 0 Å². The molecule has 0 radical (unpaired) electrons. The van der Waals surface area contributed by atoms with Crippen LogP contribution in [-0.2, 0) is 14.4 Å². The van der Waals surface area contributed by atoms with Crippen LogP contribution in [0.5, 0.6) is 0 Å². The van der Waals surface area contributed by atoms with E-state index in [0.717, 1.165) is 25.7 Å².